The van der Waals surface area contributed by atoms with Crippen LogP contribution in [0, 0.1) is 0 Å². The average molecular weight is 491 g/mol. The Kier molecular flexibility index (Phi) is 8.76. The first-order chi connectivity index (χ1) is 17.6. The van der Waals surface area contributed by atoms with Crippen molar-refractivity contribution in [3.8, 4) is 17.2 Å². The number of carbonyl (C=O) groups is 1. The van der Waals surface area contributed by atoms with Crippen molar-refractivity contribution in [1.29, 1.82) is 0 Å². The van der Waals surface area contributed by atoms with Crippen LogP contribution in [-0.4, -0.2) is 74.7 Å². The number of aromatic nitrogens is 1. The van der Waals surface area contributed by atoms with Crippen LogP contribution in [0.1, 0.15) is 27.5 Å². The van der Waals surface area contributed by atoms with Gasteiger partial charge in [-0.2, -0.15) is 0 Å². The van der Waals surface area contributed by atoms with Gasteiger partial charge in [0.25, 0.3) is 5.91 Å². The Labute approximate surface area is 212 Å². The van der Waals surface area contributed by atoms with Crippen LogP contribution in [0.25, 0.3) is 0 Å². The van der Waals surface area contributed by atoms with E-state index in [4.69, 9.17) is 14.2 Å². The summed E-state index contributed by atoms with van der Waals surface area (Å²) >= 11 is 0. The zero-order chi connectivity index (χ0) is 25.3. The number of methoxy groups -OCH3 is 3. The normalized spacial score (nSPS) is 15.2. The zero-order valence-corrected chi connectivity index (χ0v) is 21.1. The smallest absolute Gasteiger partial charge is 0.251 e. The van der Waals surface area contributed by atoms with Gasteiger partial charge in [-0.15, -0.1) is 0 Å². The Morgan fingerprint density at radius 1 is 0.944 bits per heavy atom. The second kappa shape index (κ2) is 12.4. The number of ether oxygens (including phenoxy) is 3. The van der Waals surface area contributed by atoms with Crippen LogP contribution >= 0.6 is 0 Å². The molecule has 0 radical (unpaired) electrons. The quantitative estimate of drug-likeness (QED) is 0.467. The molecular weight excluding hydrogens is 456 g/mol. The van der Waals surface area contributed by atoms with E-state index < -0.39 is 0 Å². The molecule has 0 spiro atoms. The standard InChI is InChI=1S/C28H34N4O4/c1-34-25-16-23(17-26(35-2)27(25)36-3)28(33)30-19-24(22-10-7-11-29-18-22)32-14-12-31(13-15-32)20-21-8-5-4-6-9-21/h4-11,16-18,24H,12-15,19-20H2,1-3H3,(H,30,33). The molecule has 1 saturated heterocycles. The van der Waals surface area contributed by atoms with Gasteiger partial charge in [0.1, 0.15) is 0 Å². The van der Waals surface area contributed by atoms with Crippen molar-refractivity contribution in [3.05, 3.63) is 83.7 Å². The fourth-order valence-electron chi connectivity index (χ4n) is 4.61. The molecule has 2 aromatic carbocycles. The minimum Gasteiger partial charge on any atom is -0.493 e. The molecule has 1 atom stereocenters. The molecule has 1 amide bonds. The van der Waals surface area contributed by atoms with Gasteiger partial charge in [0, 0.05) is 57.2 Å². The summed E-state index contributed by atoms with van der Waals surface area (Å²) in [4.78, 5) is 22.4. The highest BCUT2D eigenvalue weighted by molar-refractivity contribution is 5.95. The largest absolute Gasteiger partial charge is 0.493 e. The van der Waals surface area contributed by atoms with Crippen molar-refractivity contribution < 1.29 is 19.0 Å². The van der Waals surface area contributed by atoms with Crippen LogP contribution in [0.3, 0.4) is 0 Å². The van der Waals surface area contributed by atoms with E-state index in [1.54, 1.807) is 18.3 Å². The molecule has 0 aliphatic carbocycles. The fourth-order valence-corrected chi connectivity index (χ4v) is 4.61. The Hall–Kier alpha value is -3.62. The fraction of sp³-hybridized carbons (Fsp3) is 0.357. The molecule has 0 bridgehead atoms. The van der Waals surface area contributed by atoms with Gasteiger partial charge in [0.2, 0.25) is 5.75 Å². The van der Waals surface area contributed by atoms with Gasteiger partial charge in [-0.1, -0.05) is 36.4 Å². The summed E-state index contributed by atoms with van der Waals surface area (Å²) in [6, 6.07) is 17.9. The second-order valence-electron chi connectivity index (χ2n) is 8.72. The van der Waals surface area contributed by atoms with Crippen LogP contribution in [-0.2, 0) is 6.54 Å². The minimum absolute atomic E-state index is 0.0172. The number of nitrogens with zero attached hydrogens (tertiary/aromatic N) is 3. The van der Waals surface area contributed by atoms with E-state index in [1.165, 1.54) is 26.9 Å². The van der Waals surface area contributed by atoms with Gasteiger partial charge < -0.3 is 19.5 Å². The summed E-state index contributed by atoms with van der Waals surface area (Å²) in [5.74, 6) is 1.14. The second-order valence-corrected chi connectivity index (χ2v) is 8.72. The van der Waals surface area contributed by atoms with Crippen molar-refractivity contribution >= 4 is 5.91 Å². The predicted octanol–water partition coefficient (Wildman–Crippen LogP) is 3.40. The first-order valence-electron chi connectivity index (χ1n) is 12.1. The first-order valence-corrected chi connectivity index (χ1v) is 12.1. The number of nitrogens with one attached hydrogen (secondary N) is 1. The van der Waals surface area contributed by atoms with Crippen molar-refractivity contribution in [2.75, 3.05) is 54.1 Å². The first kappa shape index (κ1) is 25.5. The Morgan fingerprint density at radius 3 is 2.22 bits per heavy atom. The highest BCUT2D eigenvalue weighted by atomic mass is 16.5. The van der Waals surface area contributed by atoms with Gasteiger partial charge in [0.15, 0.2) is 11.5 Å². The van der Waals surface area contributed by atoms with Crippen molar-refractivity contribution in [1.82, 2.24) is 20.1 Å². The highest BCUT2D eigenvalue weighted by Crippen LogP contribution is 2.38. The van der Waals surface area contributed by atoms with E-state index in [0.29, 0.717) is 29.4 Å². The van der Waals surface area contributed by atoms with Gasteiger partial charge in [-0.3, -0.25) is 19.6 Å². The van der Waals surface area contributed by atoms with Gasteiger partial charge >= 0.3 is 0 Å². The molecule has 1 aromatic heterocycles. The lowest BCUT2D eigenvalue weighted by atomic mass is 10.1. The molecule has 8 nitrogen and oxygen atoms in total. The predicted molar refractivity (Wildman–Crippen MR) is 139 cm³/mol. The molecule has 1 aliphatic heterocycles. The monoisotopic (exact) mass is 490 g/mol. The summed E-state index contributed by atoms with van der Waals surface area (Å²) in [5, 5.41) is 3.11. The van der Waals surface area contributed by atoms with Crippen LogP contribution in [0.4, 0.5) is 0 Å². The summed E-state index contributed by atoms with van der Waals surface area (Å²) in [5.41, 5.74) is 2.86. The summed E-state index contributed by atoms with van der Waals surface area (Å²) in [7, 11) is 4.61. The number of benzene rings is 2. The number of piperazine rings is 1. The molecule has 1 fully saturated rings. The molecule has 3 aromatic rings. The summed E-state index contributed by atoms with van der Waals surface area (Å²) in [6.45, 7) is 5.15. The molecule has 2 heterocycles. The molecule has 0 saturated carbocycles. The number of pyridine rings is 1. The molecule has 4 rings (SSSR count). The number of amides is 1. The molecule has 1 N–H and O–H groups in total. The van der Waals surface area contributed by atoms with Crippen molar-refractivity contribution in [2.24, 2.45) is 0 Å². The Bertz CT molecular complexity index is 1090. The maximum absolute atomic E-state index is 13.1. The summed E-state index contributed by atoms with van der Waals surface area (Å²) in [6.07, 6.45) is 3.65. The molecule has 1 unspecified atom stereocenters. The lowest BCUT2D eigenvalue weighted by Gasteiger charge is -2.39. The number of hydrogen-bond acceptors (Lipinski definition) is 7. The minimum atomic E-state index is -0.203. The molecule has 1 aliphatic rings. The van der Waals surface area contributed by atoms with E-state index in [1.807, 2.05) is 18.3 Å². The topological polar surface area (TPSA) is 76.2 Å². The number of carbonyl (C=O) groups excluding carboxylic acids is 1. The maximum atomic E-state index is 13.1. The molecule has 36 heavy (non-hydrogen) atoms. The molecular formula is C28H34N4O4. The maximum Gasteiger partial charge on any atom is 0.251 e. The van der Waals surface area contributed by atoms with Crippen LogP contribution in [0.15, 0.2) is 67.0 Å². The lowest BCUT2D eigenvalue weighted by molar-refractivity contribution is 0.0821. The van der Waals surface area contributed by atoms with E-state index in [9.17, 15) is 4.79 Å². The zero-order valence-electron chi connectivity index (χ0n) is 21.1. The van der Waals surface area contributed by atoms with E-state index in [-0.39, 0.29) is 11.9 Å². The summed E-state index contributed by atoms with van der Waals surface area (Å²) < 4.78 is 16.2. The molecule has 190 valence electrons. The van der Waals surface area contributed by atoms with Crippen LogP contribution in [0.2, 0.25) is 0 Å². The highest BCUT2D eigenvalue weighted by Gasteiger charge is 2.26. The Balaban J connectivity index is 1.44. The van der Waals surface area contributed by atoms with Crippen LogP contribution in [0.5, 0.6) is 17.2 Å². The SMILES string of the molecule is COc1cc(C(=O)NCC(c2cccnc2)N2CCN(Cc3ccccc3)CC2)cc(OC)c1OC. The van der Waals surface area contributed by atoms with Crippen LogP contribution < -0.4 is 19.5 Å². The van der Waals surface area contributed by atoms with E-state index in [2.05, 4.69) is 50.4 Å². The van der Waals surface area contributed by atoms with Gasteiger partial charge in [-0.05, 0) is 29.3 Å². The van der Waals surface area contributed by atoms with Crippen molar-refractivity contribution in [2.45, 2.75) is 12.6 Å². The van der Waals surface area contributed by atoms with Crippen molar-refractivity contribution in [3.63, 3.8) is 0 Å². The Morgan fingerprint density at radius 2 is 1.64 bits per heavy atom. The van der Waals surface area contributed by atoms with Gasteiger partial charge in [-0.25, -0.2) is 0 Å². The van der Waals surface area contributed by atoms with E-state index >= 15 is 0 Å². The number of rotatable bonds is 10. The third-order valence-corrected chi connectivity index (χ3v) is 6.55. The number of hydrogen-bond donors (Lipinski definition) is 1. The third-order valence-electron chi connectivity index (χ3n) is 6.55. The molecule has 8 heteroatoms. The third kappa shape index (κ3) is 6.13. The lowest BCUT2D eigenvalue weighted by Crippen LogP contribution is -2.49. The van der Waals surface area contributed by atoms with Gasteiger partial charge in [0.05, 0.1) is 27.4 Å². The average Bonchev–Trinajstić information content (AvgIpc) is 2.94. The van der Waals surface area contributed by atoms with E-state index in [0.717, 1.165) is 38.3 Å².